The minimum absolute atomic E-state index is 0.0552. The van der Waals surface area contributed by atoms with Crippen molar-refractivity contribution in [2.75, 3.05) is 5.32 Å². The lowest BCUT2D eigenvalue weighted by atomic mass is 9.89. The second kappa shape index (κ2) is 9.14. The average Bonchev–Trinajstić information content (AvgIpc) is 3.33. The smallest absolute Gasteiger partial charge is 0.194 e. The van der Waals surface area contributed by atoms with E-state index in [0.29, 0.717) is 10.1 Å². The molecule has 35 heavy (non-hydrogen) atoms. The maximum atomic E-state index is 6.16. The molecule has 0 bridgehead atoms. The minimum Gasteiger partial charge on any atom is -0.331 e. The molecule has 1 atom stereocenters. The van der Waals surface area contributed by atoms with Crippen LogP contribution < -0.4 is 5.32 Å². The first-order valence-electron chi connectivity index (χ1n) is 11.6. The van der Waals surface area contributed by atoms with Crippen LogP contribution in [0.2, 0.25) is 5.02 Å². The zero-order valence-electron chi connectivity index (χ0n) is 18.9. The van der Waals surface area contributed by atoms with Gasteiger partial charge in [-0.2, -0.15) is 5.10 Å². The molecule has 0 radical (unpaired) electrons. The van der Waals surface area contributed by atoms with E-state index in [1.165, 1.54) is 27.1 Å². The highest BCUT2D eigenvalue weighted by Crippen LogP contribution is 2.41. The Labute approximate surface area is 214 Å². The molecular formula is C30H22ClN3S. The lowest BCUT2D eigenvalue weighted by Gasteiger charge is -2.27. The van der Waals surface area contributed by atoms with Crippen molar-refractivity contribution >= 4 is 61.9 Å². The van der Waals surface area contributed by atoms with E-state index < -0.39 is 0 Å². The summed E-state index contributed by atoms with van der Waals surface area (Å²) in [6, 6.07) is 37.2. The number of fused-ring (bicyclic) bond motifs is 2. The molecule has 0 aromatic heterocycles. The van der Waals surface area contributed by atoms with Crippen molar-refractivity contribution in [1.29, 1.82) is 0 Å². The molecule has 5 aromatic rings. The summed E-state index contributed by atoms with van der Waals surface area (Å²) >= 11 is 12.1. The molecule has 0 saturated carbocycles. The Balaban J connectivity index is 1.51. The van der Waals surface area contributed by atoms with Crippen molar-refractivity contribution in [1.82, 2.24) is 5.01 Å². The molecule has 1 N–H and O–H groups in total. The second-order valence-electron chi connectivity index (χ2n) is 8.65. The Morgan fingerprint density at radius 3 is 2.06 bits per heavy atom. The van der Waals surface area contributed by atoms with Gasteiger partial charge in [0.25, 0.3) is 0 Å². The minimum atomic E-state index is -0.0552. The molecule has 0 saturated heterocycles. The van der Waals surface area contributed by atoms with Crippen LogP contribution in [0.5, 0.6) is 0 Å². The van der Waals surface area contributed by atoms with Crippen LogP contribution in [0.4, 0.5) is 5.69 Å². The normalized spacial score (nSPS) is 15.4. The molecule has 5 aromatic carbocycles. The number of benzene rings is 5. The Bertz CT molecular complexity index is 1520. The van der Waals surface area contributed by atoms with Crippen molar-refractivity contribution in [3.05, 3.63) is 125 Å². The van der Waals surface area contributed by atoms with Gasteiger partial charge in [-0.15, -0.1) is 0 Å². The first-order valence-corrected chi connectivity index (χ1v) is 12.3. The quantitative estimate of drug-likeness (QED) is 0.203. The third kappa shape index (κ3) is 4.16. The van der Waals surface area contributed by atoms with Crippen LogP contribution in [0, 0.1) is 0 Å². The topological polar surface area (TPSA) is 27.6 Å². The van der Waals surface area contributed by atoms with Gasteiger partial charge in [0, 0.05) is 17.1 Å². The van der Waals surface area contributed by atoms with Gasteiger partial charge in [-0.05, 0) is 75.2 Å². The average molecular weight is 492 g/mol. The van der Waals surface area contributed by atoms with E-state index in [2.05, 4.69) is 59.9 Å². The maximum absolute atomic E-state index is 6.16. The SMILES string of the molecule is S=C(Nc1ccccc1)N1N=C(c2ccc(Cl)cc2)CC1c1c2ccccc2cc2ccccc12. The maximum Gasteiger partial charge on any atom is 0.194 e. The van der Waals surface area contributed by atoms with Crippen molar-refractivity contribution < 1.29 is 0 Å². The summed E-state index contributed by atoms with van der Waals surface area (Å²) in [4.78, 5) is 0. The first-order chi connectivity index (χ1) is 17.2. The van der Waals surface area contributed by atoms with E-state index in [1.54, 1.807) is 0 Å². The number of rotatable bonds is 3. The Morgan fingerprint density at radius 1 is 0.800 bits per heavy atom. The van der Waals surface area contributed by atoms with Crippen molar-refractivity contribution in [3.8, 4) is 0 Å². The molecule has 1 aliphatic heterocycles. The van der Waals surface area contributed by atoms with Gasteiger partial charge in [0.1, 0.15) is 0 Å². The highest BCUT2D eigenvalue weighted by atomic mass is 35.5. The summed E-state index contributed by atoms with van der Waals surface area (Å²) in [5.41, 5.74) is 4.22. The van der Waals surface area contributed by atoms with Gasteiger partial charge in [-0.3, -0.25) is 0 Å². The molecule has 1 heterocycles. The van der Waals surface area contributed by atoms with Gasteiger partial charge < -0.3 is 5.32 Å². The fraction of sp³-hybridized carbons (Fsp3) is 0.0667. The molecule has 170 valence electrons. The van der Waals surface area contributed by atoms with E-state index in [1.807, 2.05) is 59.6 Å². The van der Waals surface area contributed by atoms with Crippen LogP contribution in [-0.2, 0) is 0 Å². The van der Waals surface area contributed by atoms with Gasteiger partial charge >= 0.3 is 0 Å². The van der Waals surface area contributed by atoms with E-state index in [0.717, 1.165) is 23.4 Å². The molecule has 6 rings (SSSR count). The molecule has 5 heteroatoms. The van der Waals surface area contributed by atoms with Gasteiger partial charge in [0.15, 0.2) is 5.11 Å². The van der Waals surface area contributed by atoms with Crippen molar-refractivity contribution in [2.45, 2.75) is 12.5 Å². The van der Waals surface area contributed by atoms with E-state index >= 15 is 0 Å². The Morgan fingerprint density at radius 2 is 1.40 bits per heavy atom. The number of thiocarbonyl (C=S) groups is 1. The third-order valence-corrected chi connectivity index (χ3v) is 7.01. The first kappa shape index (κ1) is 21.8. The molecule has 1 unspecified atom stereocenters. The molecule has 1 aliphatic rings. The number of hydrazone groups is 1. The number of nitrogens with one attached hydrogen (secondary N) is 1. The largest absolute Gasteiger partial charge is 0.331 e. The number of halogens is 1. The zero-order chi connectivity index (χ0) is 23.8. The summed E-state index contributed by atoms with van der Waals surface area (Å²) in [6.45, 7) is 0. The predicted molar refractivity (Wildman–Crippen MR) is 151 cm³/mol. The fourth-order valence-corrected chi connectivity index (χ4v) is 5.26. The monoisotopic (exact) mass is 491 g/mol. The number of hydrogen-bond donors (Lipinski definition) is 1. The number of hydrogen-bond acceptors (Lipinski definition) is 2. The Kier molecular flexibility index (Phi) is 5.69. The van der Waals surface area contributed by atoms with Crippen LogP contribution in [-0.4, -0.2) is 15.8 Å². The van der Waals surface area contributed by atoms with Crippen LogP contribution in [0.25, 0.3) is 21.5 Å². The molecule has 0 aliphatic carbocycles. The van der Waals surface area contributed by atoms with Gasteiger partial charge in [0.2, 0.25) is 0 Å². The van der Waals surface area contributed by atoms with E-state index in [-0.39, 0.29) is 6.04 Å². The summed E-state index contributed by atoms with van der Waals surface area (Å²) in [5, 5.41) is 16.6. The van der Waals surface area contributed by atoms with Crippen molar-refractivity contribution in [2.24, 2.45) is 5.10 Å². The number of anilines is 1. The van der Waals surface area contributed by atoms with Gasteiger partial charge in [-0.25, -0.2) is 5.01 Å². The summed E-state index contributed by atoms with van der Waals surface area (Å²) in [5.74, 6) is 0. The predicted octanol–water partition coefficient (Wildman–Crippen LogP) is 8.19. The standard InChI is InChI=1S/C30H22ClN3S/c31-23-16-14-20(15-17-23)27-19-28(34(33-27)30(35)32-24-10-2-1-3-11-24)29-25-12-6-4-8-21(25)18-22-9-5-7-13-26(22)29/h1-18,28H,19H2,(H,32,35). The number of para-hydroxylation sites is 1. The lowest BCUT2D eigenvalue weighted by Crippen LogP contribution is -2.31. The fourth-order valence-electron chi connectivity index (χ4n) is 4.85. The van der Waals surface area contributed by atoms with Crippen molar-refractivity contribution in [3.63, 3.8) is 0 Å². The van der Waals surface area contributed by atoms with Crippen LogP contribution in [0.3, 0.4) is 0 Å². The lowest BCUT2D eigenvalue weighted by molar-refractivity contribution is 0.379. The number of nitrogens with zero attached hydrogens (tertiary/aromatic N) is 2. The summed E-state index contributed by atoms with van der Waals surface area (Å²) < 4.78 is 0. The van der Waals surface area contributed by atoms with E-state index in [9.17, 15) is 0 Å². The second-order valence-corrected chi connectivity index (χ2v) is 9.47. The van der Waals surface area contributed by atoms with Gasteiger partial charge in [0.05, 0.1) is 11.8 Å². The van der Waals surface area contributed by atoms with E-state index in [4.69, 9.17) is 28.9 Å². The molecular weight excluding hydrogens is 470 g/mol. The molecule has 0 amide bonds. The van der Waals surface area contributed by atoms with Crippen LogP contribution >= 0.6 is 23.8 Å². The van der Waals surface area contributed by atoms with Crippen LogP contribution in [0.15, 0.2) is 114 Å². The third-order valence-electron chi connectivity index (χ3n) is 6.47. The molecule has 3 nitrogen and oxygen atoms in total. The Hall–Kier alpha value is -3.73. The summed E-state index contributed by atoms with van der Waals surface area (Å²) in [6.07, 6.45) is 0.732. The van der Waals surface area contributed by atoms with Gasteiger partial charge in [-0.1, -0.05) is 90.5 Å². The molecule has 0 spiro atoms. The van der Waals surface area contributed by atoms with Crippen LogP contribution in [0.1, 0.15) is 23.6 Å². The molecule has 0 fully saturated rings. The summed E-state index contributed by atoms with van der Waals surface area (Å²) in [7, 11) is 0. The highest BCUT2D eigenvalue weighted by Gasteiger charge is 2.33. The zero-order valence-corrected chi connectivity index (χ0v) is 20.4. The highest BCUT2D eigenvalue weighted by molar-refractivity contribution is 7.80.